The van der Waals surface area contributed by atoms with E-state index in [1.165, 1.54) is 9.87 Å². The molecule has 0 saturated carbocycles. The van der Waals surface area contributed by atoms with Crippen LogP contribution >= 0.6 is 0 Å². The van der Waals surface area contributed by atoms with Gasteiger partial charge in [-0.05, 0) is 42.3 Å². The molecule has 4 rings (SSSR count). The van der Waals surface area contributed by atoms with Crippen LogP contribution in [0.25, 0.3) is 0 Å². The predicted molar refractivity (Wildman–Crippen MR) is 112 cm³/mol. The van der Waals surface area contributed by atoms with Crippen LogP contribution < -0.4 is 14.4 Å². The van der Waals surface area contributed by atoms with E-state index in [9.17, 15) is 8.42 Å². The van der Waals surface area contributed by atoms with E-state index < -0.39 is 10.0 Å². The zero-order valence-corrected chi connectivity index (χ0v) is 16.7. The number of nitrogens with one attached hydrogen (secondary N) is 1. The number of rotatable bonds is 4. The van der Waals surface area contributed by atoms with E-state index in [0.717, 1.165) is 17.9 Å². The number of hydrogen-bond donors (Lipinski definition) is 1. The maximum absolute atomic E-state index is 13.2. The Bertz CT molecular complexity index is 1040. The van der Waals surface area contributed by atoms with Crippen molar-refractivity contribution in [3.8, 4) is 5.75 Å². The molecule has 0 fully saturated rings. The highest BCUT2D eigenvalue weighted by Gasteiger charge is 2.34. The lowest BCUT2D eigenvalue weighted by Crippen LogP contribution is -2.35. The molecule has 28 heavy (non-hydrogen) atoms. The van der Waals surface area contributed by atoms with Crippen molar-refractivity contribution in [3.63, 3.8) is 0 Å². The van der Waals surface area contributed by atoms with Gasteiger partial charge in [-0.1, -0.05) is 30.3 Å². The highest BCUT2D eigenvalue weighted by atomic mass is 32.2. The molecule has 0 unspecified atom stereocenters. The Morgan fingerprint density at radius 2 is 1.86 bits per heavy atom. The molecular weight excluding hydrogens is 374 g/mol. The van der Waals surface area contributed by atoms with Crippen molar-refractivity contribution in [1.29, 1.82) is 0 Å². The van der Waals surface area contributed by atoms with Crippen molar-refractivity contribution < 1.29 is 13.2 Å². The highest BCUT2D eigenvalue weighted by molar-refractivity contribution is 7.96. The average molecular weight is 398 g/mol. The van der Waals surface area contributed by atoms with Crippen LogP contribution in [0, 0.1) is 0 Å². The number of allylic oxidation sites excluding steroid dienone is 1. The first-order valence-corrected chi connectivity index (χ1v) is 10.6. The lowest BCUT2D eigenvalue weighted by Gasteiger charge is -2.30. The van der Waals surface area contributed by atoms with Gasteiger partial charge >= 0.3 is 0 Å². The Labute approximate surface area is 165 Å². The summed E-state index contributed by atoms with van der Waals surface area (Å²) in [5.74, 6) is 1.46. The number of nitrogens with zero attached hydrogens (tertiary/aromatic N) is 2. The van der Waals surface area contributed by atoms with E-state index in [1.807, 2.05) is 54.6 Å². The number of anilines is 2. The molecule has 0 saturated heterocycles. The molecule has 0 radical (unpaired) electrons. The van der Waals surface area contributed by atoms with Gasteiger partial charge in [-0.3, -0.25) is 4.31 Å². The lowest BCUT2D eigenvalue weighted by atomic mass is 10.1. The quantitative estimate of drug-likeness (QED) is 0.859. The van der Waals surface area contributed by atoms with E-state index in [4.69, 9.17) is 4.74 Å². The Balaban J connectivity index is 1.64. The van der Waals surface area contributed by atoms with Crippen LogP contribution in [0.5, 0.6) is 5.75 Å². The van der Waals surface area contributed by atoms with Gasteiger partial charge in [0.25, 0.3) is 10.0 Å². The minimum atomic E-state index is -3.63. The van der Waals surface area contributed by atoms with Gasteiger partial charge in [0.05, 0.1) is 18.5 Å². The maximum Gasteiger partial charge on any atom is 0.267 e. The summed E-state index contributed by atoms with van der Waals surface area (Å²) in [5.41, 5.74) is 2.59. The van der Waals surface area contributed by atoms with Crippen LogP contribution in [-0.4, -0.2) is 40.6 Å². The third-order valence-electron chi connectivity index (χ3n) is 5.11. The van der Waals surface area contributed by atoms with Gasteiger partial charge in [-0.25, -0.2) is 8.42 Å². The van der Waals surface area contributed by atoms with Crippen molar-refractivity contribution in [3.05, 3.63) is 77.0 Å². The van der Waals surface area contributed by atoms with Crippen molar-refractivity contribution >= 4 is 21.4 Å². The number of fused-ring (bicyclic) bond motifs is 1. The zero-order chi connectivity index (χ0) is 19.7. The lowest BCUT2D eigenvalue weighted by molar-refractivity contribution is 0.382. The number of sulfonamides is 1. The number of para-hydroxylation sites is 2. The van der Waals surface area contributed by atoms with Crippen molar-refractivity contribution in [2.45, 2.75) is 6.42 Å². The third-order valence-corrected chi connectivity index (χ3v) is 6.91. The van der Waals surface area contributed by atoms with Gasteiger partial charge in [0.15, 0.2) is 0 Å². The van der Waals surface area contributed by atoms with E-state index in [0.29, 0.717) is 29.5 Å². The molecule has 6 nitrogen and oxygen atoms in total. The highest BCUT2D eigenvalue weighted by Crippen LogP contribution is 2.37. The fourth-order valence-electron chi connectivity index (χ4n) is 3.48. The second-order valence-electron chi connectivity index (χ2n) is 6.77. The van der Waals surface area contributed by atoms with Crippen molar-refractivity contribution in [2.24, 2.45) is 0 Å². The standard InChI is InChI=1S/C21H23N3O3S/c1-23-19-7-4-3-6-18(19)22-21-20(28(23,25)26)8-5-14-24(21)15-13-16-9-11-17(27-2)12-10-16/h3-12,22H,13-15H2,1-2H3. The van der Waals surface area contributed by atoms with Crippen LogP contribution in [0.1, 0.15) is 5.56 Å². The Morgan fingerprint density at radius 1 is 1.11 bits per heavy atom. The molecule has 0 aliphatic carbocycles. The second-order valence-corrected chi connectivity index (χ2v) is 8.71. The first-order chi connectivity index (χ1) is 13.5. The first-order valence-electron chi connectivity index (χ1n) is 9.14. The van der Waals surface area contributed by atoms with Gasteiger partial charge in [0.1, 0.15) is 16.5 Å². The summed E-state index contributed by atoms with van der Waals surface area (Å²) in [6.07, 6.45) is 4.40. The summed E-state index contributed by atoms with van der Waals surface area (Å²) in [6, 6.07) is 15.4. The number of hydrogen-bond acceptors (Lipinski definition) is 5. The molecule has 2 aliphatic heterocycles. The van der Waals surface area contributed by atoms with Crippen molar-refractivity contribution in [2.75, 3.05) is 36.9 Å². The summed E-state index contributed by atoms with van der Waals surface area (Å²) in [4.78, 5) is 2.37. The molecular formula is C21H23N3O3S. The molecule has 0 atom stereocenters. The zero-order valence-electron chi connectivity index (χ0n) is 15.9. The Hall–Kier alpha value is -2.93. The molecule has 2 aromatic rings. The van der Waals surface area contributed by atoms with Gasteiger partial charge in [-0.2, -0.15) is 0 Å². The molecule has 1 N–H and O–H groups in total. The summed E-state index contributed by atoms with van der Waals surface area (Å²) >= 11 is 0. The SMILES string of the molecule is COc1ccc(CCN2CC=CC3=C2Nc2ccccc2N(C)S3(=O)=O)cc1. The monoisotopic (exact) mass is 397 g/mol. The smallest absolute Gasteiger partial charge is 0.267 e. The molecule has 0 amide bonds. The van der Waals surface area contributed by atoms with Crippen LogP contribution in [0.2, 0.25) is 0 Å². The van der Waals surface area contributed by atoms with Crippen LogP contribution in [0.15, 0.2) is 71.4 Å². The molecule has 0 bridgehead atoms. The van der Waals surface area contributed by atoms with Gasteiger partial charge in [-0.15, -0.1) is 0 Å². The Morgan fingerprint density at radius 3 is 2.61 bits per heavy atom. The van der Waals surface area contributed by atoms with Gasteiger partial charge in [0.2, 0.25) is 0 Å². The van der Waals surface area contributed by atoms with E-state index in [2.05, 4.69) is 10.2 Å². The summed E-state index contributed by atoms with van der Waals surface area (Å²) in [7, 11) is -0.390. The fraction of sp³-hybridized carbons (Fsp3) is 0.238. The molecule has 2 aromatic carbocycles. The Kier molecular flexibility index (Phi) is 4.77. The molecule has 146 valence electrons. The van der Waals surface area contributed by atoms with E-state index in [-0.39, 0.29) is 0 Å². The molecule has 7 heteroatoms. The maximum atomic E-state index is 13.2. The number of benzene rings is 2. The fourth-order valence-corrected chi connectivity index (χ4v) is 4.89. The number of ether oxygens (including phenoxy) is 1. The largest absolute Gasteiger partial charge is 0.497 e. The predicted octanol–water partition coefficient (Wildman–Crippen LogP) is 3.17. The van der Waals surface area contributed by atoms with E-state index in [1.54, 1.807) is 20.2 Å². The van der Waals surface area contributed by atoms with Crippen LogP contribution in [-0.2, 0) is 16.4 Å². The normalized spacial score (nSPS) is 17.5. The van der Waals surface area contributed by atoms with Gasteiger partial charge < -0.3 is 15.0 Å². The van der Waals surface area contributed by atoms with Crippen LogP contribution in [0.4, 0.5) is 11.4 Å². The summed E-state index contributed by atoms with van der Waals surface area (Å²) < 4.78 is 32.9. The van der Waals surface area contributed by atoms with E-state index >= 15 is 0 Å². The molecule has 0 spiro atoms. The van der Waals surface area contributed by atoms with Crippen molar-refractivity contribution in [1.82, 2.24) is 4.90 Å². The minimum Gasteiger partial charge on any atom is -0.497 e. The third kappa shape index (κ3) is 3.22. The molecule has 2 heterocycles. The first kappa shape index (κ1) is 18.4. The van der Waals surface area contributed by atoms with Gasteiger partial charge in [0, 0.05) is 20.1 Å². The van der Waals surface area contributed by atoms with Crippen LogP contribution in [0.3, 0.4) is 0 Å². The minimum absolute atomic E-state index is 0.298. The second kappa shape index (κ2) is 7.24. The summed E-state index contributed by atoms with van der Waals surface area (Å²) in [5, 5.41) is 3.37. The topological polar surface area (TPSA) is 61.9 Å². The molecule has 0 aromatic heterocycles. The molecule has 2 aliphatic rings. The average Bonchev–Trinajstić information content (AvgIpc) is 2.80. The summed E-state index contributed by atoms with van der Waals surface area (Å²) in [6.45, 7) is 1.35. The number of methoxy groups -OCH3 is 1.